The lowest BCUT2D eigenvalue weighted by atomic mass is 10.2. The van der Waals surface area contributed by atoms with Gasteiger partial charge in [-0.3, -0.25) is 4.79 Å². The quantitative estimate of drug-likeness (QED) is 0.544. The molecule has 0 bridgehead atoms. The first-order valence-electron chi connectivity index (χ1n) is 7.03. The van der Waals surface area contributed by atoms with E-state index < -0.39 is 5.60 Å². The molecular formula is C15H16BrN5O2. The van der Waals surface area contributed by atoms with Crippen LogP contribution in [0.3, 0.4) is 0 Å². The number of halogens is 1. The maximum atomic E-state index is 12.2. The lowest BCUT2D eigenvalue weighted by Gasteiger charge is -2.19. The van der Waals surface area contributed by atoms with E-state index in [4.69, 9.17) is 10.5 Å². The summed E-state index contributed by atoms with van der Waals surface area (Å²) < 4.78 is 7.82. The third-order valence-electron chi connectivity index (χ3n) is 3.19. The summed E-state index contributed by atoms with van der Waals surface area (Å²) in [5.74, 6) is -0.0232. The molecule has 0 fully saturated rings. The van der Waals surface area contributed by atoms with E-state index in [9.17, 15) is 4.79 Å². The van der Waals surface area contributed by atoms with E-state index >= 15 is 0 Å². The fourth-order valence-electron chi connectivity index (χ4n) is 2.43. The molecule has 0 aliphatic rings. The molecule has 120 valence electrons. The number of fused-ring (bicyclic) bond motifs is 3. The van der Waals surface area contributed by atoms with Crippen LogP contribution in [0.4, 0.5) is 5.82 Å². The molecular weight excluding hydrogens is 362 g/mol. The SMILES string of the molecule is CC(C)(C)OC(=O)Cn1c2ccc(Br)nc2c2c(N)ncnc21. The standard InChI is InChI=1S/C15H16BrN5O2/c1-15(2,3)23-10(22)6-21-8-4-5-9(16)20-12(8)11-13(17)18-7-19-14(11)21/h4-5,7H,6H2,1-3H3,(H2,17,18,19). The maximum absolute atomic E-state index is 12.2. The summed E-state index contributed by atoms with van der Waals surface area (Å²) in [6.07, 6.45) is 1.37. The van der Waals surface area contributed by atoms with E-state index in [1.807, 2.05) is 26.8 Å². The van der Waals surface area contributed by atoms with Crippen LogP contribution in [0.2, 0.25) is 0 Å². The van der Waals surface area contributed by atoms with Gasteiger partial charge >= 0.3 is 5.97 Å². The van der Waals surface area contributed by atoms with Crippen LogP contribution in [0, 0.1) is 0 Å². The van der Waals surface area contributed by atoms with E-state index in [1.165, 1.54) is 6.33 Å². The van der Waals surface area contributed by atoms with Gasteiger partial charge in [0.25, 0.3) is 0 Å². The number of rotatable bonds is 2. The Balaban J connectivity index is 2.19. The van der Waals surface area contributed by atoms with E-state index in [1.54, 1.807) is 10.6 Å². The van der Waals surface area contributed by atoms with Gasteiger partial charge in [-0.25, -0.2) is 15.0 Å². The summed E-state index contributed by atoms with van der Waals surface area (Å²) in [6.45, 7) is 5.51. The minimum atomic E-state index is -0.550. The van der Waals surface area contributed by atoms with Crippen LogP contribution < -0.4 is 5.73 Å². The molecule has 0 aliphatic heterocycles. The van der Waals surface area contributed by atoms with E-state index in [2.05, 4.69) is 30.9 Å². The van der Waals surface area contributed by atoms with Crippen LogP contribution in [0.25, 0.3) is 22.1 Å². The Morgan fingerprint density at radius 1 is 1.35 bits per heavy atom. The van der Waals surface area contributed by atoms with Gasteiger partial charge in [0.15, 0.2) is 0 Å². The van der Waals surface area contributed by atoms with E-state index in [0.29, 0.717) is 27.0 Å². The van der Waals surface area contributed by atoms with Crippen molar-refractivity contribution >= 4 is 49.8 Å². The number of aromatic nitrogens is 4. The van der Waals surface area contributed by atoms with Crippen molar-refractivity contribution in [3.8, 4) is 0 Å². The van der Waals surface area contributed by atoms with Crippen molar-refractivity contribution in [3.05, 3.63) is 23.1 Å². The fourth-order valence-corrected chi connectivity index (χ4v) is 2.74. The fraction of sp³-hybridized carbons (Fsp3) is 0.333. The Kier molecular flexibility index (Phi) is 3.71. The number of nitrogens with zero attached hydrogens (tertiary/aromatic N) is 4. The van der Waals surface area contributed by atoms with Crippen LogP contribution in [-0.2, 0) is 16.1 Å². The first-order valence-corrected chi connectivity index (χ1v) is 7.82. The molecule has 3 aromatic heterocycles. The van der Waals surface area contributed by atoms with Crippen LogP contribution in [0.5, 0.6) is 0 Å². The van der Waals surface area contributed by atoms with Crippen molar-refractivity contribution in [1.82, 2.24) is 19.5 Å². The summed E-state index contributed by atoms with van der Waals surface area (Å²) in [7, 11) is 0. The predicted octanol–water partition coefficient (Wildman–Crippen LogP) is 2.67. The van der Waals surface area contributed by atoms with Gasteiger partial charge in [0.1, 0.15) is 40.1 Å². The number of nitrogens with two attached hydrogens (primary N) is 1. The Labute approximate surface area is 141 Å². The third-order valence-corrected chi connectivity index (χ3v) is 3.63. The molecule has 0 unspecified atom stereocenters. The molecule has 0 aliphatic carbocycles. The highest BCUT2D eigenvalue weighted by atomic mass is 79.9. The second-order valence-corrected chi connectivity index (χ2v) is 6.94. The number of hydrogen-bond donors (Lipinski definition) is 1. The molecule has 0 amide bonds. The van der Waals surface area contributed by atoms with Gasteiger partial charge in [-0.05, 0) is 48.8 Å². The number of esters is 1. The second-order valence-electron chi connectivity index (χ2n) is 6.13. The van der Waals surface area contributed by atoms with E-state index in [-0.39, 0.29) is 12.5 Å². The Hall–Kier alpha value is -2.22. The molecule has 0 aromatic carbocycles. The molecule has 23 heavy (non-hydrogen) atoms. The summed E-state index contributed by atoms with van der Waals surface area (Å²) in [5, 5.41) is 0.632. The second kappa shape index (κ2) is 5.45. The molecule has 8 heteroatoms. The number of pyridine rings is 1. The summed E-state index contributed by atoms with van der Waals surface area (Å²) in [6, 6.07) is 3.66. The molecule has 3 rings (SSSR count). The van der Waals surface area contributed by atoms with E-state index in [0.717, 1.165) is 5.52 Å². The zero-order valence-corrected chi connectivity index (χ0v) is 14.6. The Morgan fingerprint density at radius 2 is 2.09 bits per heavy atom. The van der Waals surface area contributed by atoms with Gasteiger partial charge < -0.3 is 15.0 Å². The van der Waals surface area contributed by atoms with Crippen molar-refractivity contribution in [1.29, 1.82) is 0 Å². The third kappa shape index (κ3) is 2.98. The number of carbonyl (C=O) groups excluding carboxylic acids is 1. The topological polar surface area (TPSA) is 95.9 Å². The first-order chi connectivity index (χ1) is 10.8. The van der Waals surface area contributed by atoms with Crippen molar-refractivity contribution in [2.75, 3.05) is 5.73 Å². The average Bonchev–Trinajstić information content (AvgIpc) is 2.72. The largest absolute Gasteiger partial charge is 0.459 e. The van der Waals surface area contributed by atoms with Crippen molar-refractivity contribution in [2.24, 2.45) is 0 Å². The normalized spacial score (nSPS) is 12.0. The Morgan fingerprint density at radius 3 is 2.78 bits per heavy atom. The molecule has 3 aromatic rings. The highest BCUT2D eigenvalue weighted by Crippen LogP contribution is 2.30. The molecule has 0 saturated heterocycles. The zero-order valence-electron chi connectivity index (χ0n) is 13.0. The number of hydrogen-bond acceptors (Lipinski definition) is 6. The highest BCUT2D eigenvalue weighted by molar-refractivity contribution is 9.10. The first kappa shape index (κ1) is 15.7. The minimum Gasteiger partial charge on any atom is -0.459 e. The molecule has 0 atom stereocenters. The highest BCUT2D eigenvalue weighted by Gasteiger charge is 2.21. The molecule has 2 N–H and O–H groups in total. The average molecular weight is 378 g/mol. The van der Waals surface area contributed by atoms with Crippen molar-refractivity contribution < 1.29 is 9.53 Å². The van der Waals surface area contributed by atoms with Crippen molar-refractivity contribution in [2.45, 2.75) is 32.9 Å². The molecule has 0 saturated carbocycles. The lowest BCUT2D eigenvalue weighted by Crippen LogP contribution is -2.26. The minimum absolute atomic E-state index is 0.0248. The molecule has 0 radical (unpaired) electrons. The van der Waals surface area contributed by atoms with Gasteiger partial charge in [-0.1, -0.05) is 0 Å². The Bertz CT molecular complexity index is 913. The molecule has 7 nitrogen and oxygen atoms in total. The molecule has 3 heterocycles. The van der Waals surface area contributed by atoms with Crippen LogP contribution in [0.1, 0.15) is 20.8 Å². The summed E-state index contributed by atoms with van der Waals surface area (Å²) in [4.78, 5) is 25.0. The van der Waals surface area contributed by atoms with Crippen molar-refractivity contribution in [3.63, 3.8) is 0 Å². The predicted molar refractivity (Wildman–Crippen MR) is 90.8 cm³/mol. The number of anilines is 1. The van der Waals surface area contributed by atoms with Gasteiger partial charge in [0.05, 0.1) is 10.9 Å². The zero-order chi connectivity index (χ0) is 16.8. The van der Waals surface area contributed by atoms with Gasteiger partial charge in [-0.2, -0.15) is 0 Å². The number of ether oxygens (including phenoxy) is 1. The molecule has 0 spiro atoms. The lowest BCUT2D eigenvalue weighted by molar-refractivity contribution is -0.155. The number of nitrogen functional groups attached to an aromatic ring is 1. The smallest absolute Gasteiger partial charge is 0.326 e. The summed E-state index contributed by atoms with van der Waals surface area (Å²) >= 11 is 3.35. The van der Waals surface area contributed by atoms with Crippen LogP contribution >= 0.6 is 15.9 Å². The number of carbonyl (C=O) groups is 1. The van der Waals surface area contributed by atoms with Crippen LogP contribution in [-0.4, -0.2) is 31.1 Å². The van der Waals surface area contributed by atoms with Gasteiger partial charge in [-0.15, -0.1) is 0 Å². The van der Waals surface area contributed by atoms with Gasteiger partial charge in [0, 0.05) is 0 Å². The van der Waals surface area contributed by atoms with Crippen LogP contribution in [0.15, 0.2) is 23.1 Å². The summed E-state index contributed by atoms with van der Waals surface area (Å²) in [5.41, 5.74) is 7.39. The monoisotopic (exact) mass is 377 g/mol. The maximum Gasteiger partial charge on any atom is 0.326 e. The van der Waals surface area contributed by atoms with Gasteiger partial charge in [0.2, 0.25) is 0 Å².